The molecule has 0 radical (unpaired) electrons. The minimum atomic E-state index is -0.602. The maximum atomic E-state index is 13.1. The van der Waals surface area contributed by atoms with Gasteiger partial charge in [0.2, 0.25) is 5.75 Å². The molecular weight excluding hydrogens is 422 g/mol. The number of methoxy groups -OCH3 is 1. The highest BCUT2D eigenvalue weighted by Gasteiger charge is 2.23. The number of hydrogen-bond donors (Lipinski definition) is 1. The second-order valence-corrected chi connectivity index (χ2v) is 6.89. The van der Waals surface area contributed by atoms with E-state index in [-0.39, 0.29) is 6.42 Å². The second-order valence-electron chi connectivity index (χ2n) is 6.46. The highest BCUT2D eigenvalue weighted by atomic mass is 35.5. The van der Waals surface area contributed by atoms with Crippen LogP contribution in [-0.2, 0) is 9.53 Å². The number of rotatable bonds is 11. The summed E-state index contributed by atoms with van der Waals surface area (Å²) < 4.78 is 21.8. The summed E-state index contributed by atoms with van der Waals surface area (Å²) in [7, 11) is 1.30. The lowest BCUT2D eigenvalue weighted by molar-refractivity contribution is -0.141. The first-order valence-electron chi connectivity index (χ1n) is 10.1. The third kappa shape index (κ3) is 6.79. The molecule has 0 fully saturated rings. The van der Waals surface area contributed by atoms with E-state index in [0.717, 1.165) is 5.56 Å². The zero-order valence-electron chi connectivity index (χ0n) is 18.2. The van der Waals surface area contributed by atoms with Gasteiger partial charge in [-0.15, -0.1) is 0 Å². The van der Waals surface area contributed by atoms with Crippen molar-refractivity contribution in [3.8, 4) is 17.2 Å². The average molecular weight is 450 g/mol. The highest BCUT2D eigenvalue weighted by molar-refractivity contribution is 6.30. The van der Waals surface area contributed by atoms with Crippen molar-refractivity contribution in [1.82, 2.24) is 5.32 Å². The molecule has 7 nitrogen and oxygen atoms in total. The summed E-state index contributed by atoms with van der Waals surface area (Å²) in [6.07, 6.45) is -0.0302. The predicted molar refractivity (Wildman–Crippen MR) is 118 cm³/mol. The molecule has 0 saturated carbocycles. The van der Waals surface area contributed by atoms with Gasteiger partial charge < -0.3 is 24.3 Å². The Balaban J connectivity index is 2.39. The first-order chi connectivity index (χ1) is 14.9. The smallest absolute Gasteiger partial charge is 0.307 e. The number of ether oxygens (including phenoxy) is 4. The Morgan fingerprint density at radius 1 is 0.935 bits per heavy atom. The Hall–Kier alpha value is -2.93. The number of halogens is 1. The third-order valence-corrected chi connectivity index (χ3v) is 4.60. The Kier molecular flexibility index (Phi) is 9.46. The van der Waals surface area contributed by atoms with Crippen molar-refractivity contribution >= 4 is 23.5 Å². The lowest BCUT2D eigenvalue weighted by Crippen LogP contribution is -2.30. The van der Waals surface area contributed by atoms with Crippen molar-refractivity contribution < 1.29 is 28.5 Å². The molecule has 168 valence electrons. The Morgan fingerprint density at radius 3 is 1.97 bits per heavy atom. The largest absolute Gasteiger partial charge is 0.490 e. The van der Waals surface area contributed by atoms with E-state index in [4.69, 9.17) is 30.5 Å². The van der Waals surface area contributed by atoms with Gasteiger partial charge in [0.1, 0.15) is 0 Å². The summed E-state index contributed by atoms with van der Waals surface area (Å²) >= 11 is 5.97. The summed E-state index contributed by atoms with van der Waals surface area (Å²) in [6, 6.07) is 9.51. The van der Waals surface area contributed by atoms with Gasteiger partial charge in [0.05, 0.1) is 39.4 Å². The van der Waals surface area contributed by atoms with Crippen LogP contribution in [0.5, 0.6) is 17.2 Å². The van der Waals surface area contributed by atoms with Crippen LogP contribution in [0, 0.1) is 0 Å². The summed E-state index contributed by atoms with van der Waals surface area (Å²) in [5.74, 6) is 0.435. The van der Waals surface area contributed by atoms with Gasteiger partial charge in [0, 0.05) is 10.6 Å². The maximum Gasteiger partial charge on any atom is 0.307 e. The fourth-order valence-electron chi connectivity index (χ4n) is 2.96. The molecule has 2 rings (SSSR count). The van der Waals surface area contributed by atoms with Gasteiger partial charge in [-0.2, -0.15) is 0 Å². The van der Waals surface area contributed by atoms with Crippen LogP contribution in [0.3, 0.4) is 0 Å². The lowest BCUT2D eigenvalue weighted by Gasteiger charge is -2.20. The molecule has 1 amide bonds. The fraction of sp³-hybridized carbons (Fsp3) is 0.391. The van der Waals surface area contributed by atoms with Crippen LogP contribution in [0.2, 0.25) is 5.02 Å². The average Bonchev–Trinajstić information content (AvgIpc) is 2.76. The van der Waals surface area contributed by atoms with Gasteiger partial charge in [0.15, 0.2) is 11.5 Å². The summed E-state index contributed by atoms with van der Waals surface area (Å²) in [5.41, 5.74) is 1.04. The summed E-state index contributed by atoms with van der Waals surface area (Å²) in [4.78, 5) is 25.0. The number of esters is 1. The molecule has 0 aliphatic heterocycles. The van der Waals surface area contributed by atoms with Crippen molar-refractivity contribution in [2.45, 2.75) is 33.2 Å². The number of benzene rings is 2. The van der Waals surface area contributed by atoms with E-state index in [0.29, 0.717) is 47.7 Å². The summed E-state index contributed by atoms with van der Waals surface area (Å²) in [6.45, 7) is 6.75. The highest BCUT2D eigenvalue weighted by Crippen LogP contribution is 2.39. The van der Waals surface area contributed by atoms with Crippen LogP contribution < -0.4 is 19.5 Å². The molecule has 0 saturated heterocycles. The molecule has 2 aromatic rings. The zero-order chi connectivity index (χ0) is 22.8. The van der Waals surface area contributed by atoms with Crippen LogP contribution in [0.1, 0.15) is 49.2 Å². The van der Waals surface area contributed by atoms with Gasteiger partial charge in [0.25, 0.3) is 5.91 Å². The monoisotopic (exact) mass is 449 g/mol. The van der Waals surface area contributed by atoms with Crippen LogP contribution in [0.15, 0.2) is 36.4 Å². The van der Waals surface area contributed by atoms with Crippen LogP contribution in [0.4, 0.5) is 0 Å². The van der Waals surface area contributed by atoms with E-state index in [2.05, 4.69) is 5.32 Å². The van der Waals surface area contributed by atoms with E-state index < -0.39 is 17.9 Å². The van der Waals surface area contributed by atoms with Gasteiger partial charge >= 0.3 is 5.97 Å². The van der Waals surface area contributed by atoms with E-state index >= 15 is 0 Å². The minimum absolute atomic E-state index is 0.0302. The Bertz CT molecular complexity index is 857. The fourth-order valence-corrected chi connectivity index (χ4v) is 3.08. The standard InChI is InChI=1S/C23H28ClNO6/c1-5-29-19-12-16(13-20(30-6-2)22(19)31-7-3)23(27)25-18(14-21(26)28-4)15-8-10-17(24)11-9-15/h8-13,18H,5-7,14H2,1-4H3,(H,25,27). The molecule has 1 N–H and O–H groups in total. The Morgan fingerprint density at radius 2 is 1.48 bits per heavy atom. The van der Waals surface area contributed by atoms with Crippen LogP contribution in [-0.4, -0.2) is 38.8 Å². The molecule has 8 heteroatoms. The van der Waals surface area contributed by atoms with Crippen LogP contribution >= 0.6 is 11.6 Å². The molecule has 0 aromatic heterocycles. The normalized spacial score (nSPS) is 11.4. The van der Waals surface area contributed by atoms with Crippen molar-refractivity contribution in [2.24, 2.45) is 0 Å². The van der Waals surface area contributed by atoms with E-state index in [1.165, 1.54) is 7.11 Å². The molecule has 0 aliphatic rings. The number of amides is 1. The van der Waals surface area contributed by atoms with Crippen molar-refractivity contribution in [1.29, 1.82) is 0 Å². The zero-order valence-corrected chi connectivity index (χ0v) is 19.0. The van der Waals surface area contributed by atoms with E-state index in [1.807, 2.05) is 20.8 Å². The molecule has 1 atom stereocenters. The summed E-state index contributed by atoms with van der Waals surface area (Å²) in [5, 5.41) is 3.45. The Labute approximate surface area is 187 Å². The molecule has 0 aliphatic carbocycles. The molecular formula is C23H28ClNO6. The van der Waals surface area contributed by atoms with E-state index in [9.17, 15) is 9.59 Å². The van der Waals surface area contributed by atoms with Gasteiger partial charge in [-0.3, -0.25) is 9.59 Å². The SMILES string of the molecule is CCOc1cc(C(=O)NC(CC(=O)OC)c2ccc(Cl)cc2)cc(OCC)c1OCC. The number of nitrogens with one attached hydrogen (secondary N) is 1. The predicted octanol–water partition coefficient (Wildman–Crippen LogP) is 4.57. The topological polar surface area (TPSA) is 83.1 Å². The van der Waals surface area contributed by atoms with E-state index in [1.54, 1.807) is 36.4 Å². The first kappa shape index (κ1) is 24.3. The first-order valence-corrected chi connectivity index (χ1v) is 10.5. The lowest BCUT2D eigenvalue weighted by atomic mass is 10.0. The second kappa shape index (κ2) is 12.1. The van der Waals surface area contributed by atoms with Gasteiger partial charge in [-0.1, -0.05) is 23.7 Å². The third-order valence-electron chi connectivity index (χ3n) is 4.35. The molecule has 0 heterocycles. The van der Waals surface area contributed by atoms with Crippen LogP contribution in [0.25, 0.3) is 0 Å². The van der Waals surface area contributed by atoms with Gasteiger partial charge in [-0.05, 0) is 50.6 Å². The molecule has 31 heavy (non-hydrogen) atoms. The maximum absolute atomic E-state index is 13.1. The number of hydrogen-bond acceptors (Lipinski definition) is 6. The molecule has 0 bridgehead atoms. The van der Waals surface area contributed by atoms with Gasteiger partial charge in [-0.25, -0.2) is 0 Å². The molecule has 0 spiro atoms. The van der Waals surface area contributed by atoms with Crippen molar-refractivity contribution in [3.63, 3.8) is 0 Å². The quantitative estimate of drug-likeness (QED) is 0.506. The molecule has 2 aromatic carbocycles. The minimum Gasteiger partial charge on any atom is -0.490 e. The number of carbonyl (C=O) groups is 2. The van der Waals surface area contributed by atoms with Crippen molar-refractivity contribution in [2.75, 3.05) is 26.9 Å². The van der Waals surface area contributed by atoms with Crippen molar-refractivity contribution in [3.05, 3.63) is 52.5 Å². The number of carbonyl (C=O) groups excluding carboxylic acids is 2. The molecule has 1 unspecified atom stereocenters.